The van der Waals surface area contributed by atoms with Crippen LogP contribution in [-0.2, 0) is 0 Å². The number of rotatable bonds is 3. The third kappa shape index (κ3) is 2.62. The van der Waals surface area contributed by atoms with Crippen molar-refractivity contribution in [1.82, 2.24) is 25.1 Å². The molecule has 0 radical (unpaired) electrons. The summed E-state index contributed by atoms with van der Waals surface area (Å²) in [6.45, 7) is 0. The standard InChI is InChI=1S/C13H15N5O/c19-13(15-10-3-1-2-4-10)11-5-6-12(17-16-11)18-8-7-14-9-18/h5-10H,1-4H2,(H,15,19). The highest BCUT2D eigenvalue weighted by Gasteiger charge is 2.18. The van der Waals surface area contributed by atoms with Gasteiger partial charge in [0.05, 0.1) is 0 Å². The molecular formula is C13H15N5O. The maximum atomic E-state index is 12.0. The van der Waals surface area contributed by atoms with Crippen LogP contribution in [0, 0.1) is 0 Å². The lowest BCUT2D eigenvalue weighted by Gasteiger charge is -2.11. The van der Waals surface area contributed by atoms with E-state index in [4.69, 9.17) is 0 Å². The summed E-state index contributed by atoms with van der Waals surface area (Å²) in [5, 5.41) is 11.0. The molecule has 3 rings (SSSR count). The molecule has 0 saturated heterocycles. The van der Waals surface area contributed by atoms with E-state index in [0.717, 1.165) is 12.8 Å². The van der Waals surface area contributed by atoms with Crippen molar-refractivity contribution in [2.75, 3.05) is 0 Å². The van der Waals surface area contributed by atoms with Crippen molar-refractivity contribution in [3.05, 3.63) is 36.5 Å². The third-order valence-electron chi connectivity index (χ3n) is 3.34. The normalized spacial score (nSPS) is 15.6. The zero-order chi connectivity index (χ0) is 13.1. The number of hydrogen-bond donors (Lipinski definition) is 1. The Labute approximate surface area is 110 Å². The molecule has 0 unspecified atom stereocenters. The van der Waals surface area contributed by atoms with E-state index in [1.54, 1.807) is 35.4 Å². The van der Waals surface area contributed by atoms with E-state index in [1.165, 1.54) is 12.8 Å². The maximum Gasteiger partial charge on any atom is 0.272 e. The molecule has 6 heteroatoms. The average molecular weight is 257 g/mol. The van der Waals surface area contributed by atoms with Gasteiger partial charge in [0.1, 0.15) is 6.33 Å². The Balaban J connectivity index is 1.69. The summed E-state index contributed by atoms with van der Waals surface area (Å²) in [6, 6.07) is 3.74. The predicted molar refractivity (Wildman–Crippen MR) is 68.9 cm³/mol. The van der Waals surface area contributed by atoms with Crippen LogP contribution < -0.4 is 5.32 Å². The van der Waals surface area contributed by atoms with Crippen LogP contribution in [0.1, 0.15) is 36.2 Å². The van der Waals surface area contributed by atoms with Gasteiger partial charge in [-0.15, -0.1) is 10.2 Å². The first-order chi connectivity index (χ1) is 9.33. The van der Waals surface area contributed by atoms with Gasteiger partial charge < -0.3 is 5.32 Å². The van der Waals surface area contributed by atoms with Gasteiger partial charge in [0.2, 0.25) is 0 Å². The lowest BCUT2D eigenvalue weighted by atomic mass is 10.2. The number of amides is 1. The Bertz CT molecular complexity index is 543. The molecule has 0 aromatic carbocycles. The van der Waals surface area contributed by atoms with E-state index < -0.39 is 0 Å². The highest BCUT2D eigenvalue weighted by Crippen LogP contribution is 2.17. The summed E-state index contributed by atoms with van der Waals surface area (Å²) >= 11 is 0. The van der Waals surface area contributed by atoms with E-state index >= 15 is 0 Å². The fourth-order valence-corrected chi connectivity index (χ4v) is 2.31. The summed E-state index contributed by atoms with van der Waals surface area (Å²) in [4.78, 5) is 15.9. The number of nitrogens with one attached hydrogen (secondary N) is 1. The number of aromatic nitrogens is 4. The van der Waals surface area contributed by atoms with Crippen molar-refractivity contribution in [3.8, 4) is 5.82 Å². The second-order valence-corrected chi connectivity index (χ2v) is 4.70. The van der Waals surface area contributed by atoms with Crippen LogP contribution in [-0.4, -0.2) is 31.7 Å². The van der Waals surface area contributed by atoms with Gasteiger partial charge >= 0.3 is 0 Å². The first-order valence-corrected chi connectivity index (χ1v) is 6.46. The van der Waals surface area contributed by atoms with E-state index in [-0.39, 0.29) is 5.91 Å². The van der Waals surface area contributed by atoms with Crippen LogP contribution in [0.3, 0.4) is 0 Å². The van der Waals surface area contributed by atoms with Gasteiger partial charge in [-0.2, -0.15) is 0 Å². The molecule has 1 saturated carbocycles. The number of hydrogen-bond acceptors (Lipinski definition) is 4. The minimum absolute atomic E-state index is 0.142. The first-order valence-electron chi connectivity index (χ1n) is 6.46. The SMILES string of the molecule is O=C(NC1CCCC1)c1ccc(-n2ccnc2)nn1. The van der Waals surface area contributed by atoms with E-state index in [1.807, 2.05) is 0 Å². The van der Waals surface area contributed by atoms with Gasteiger partial charge in [0, 0.05) is 18.4 Å². The van der Waals surface area contributed by atoms with Crippen LogP contribution in [0.15, 0.2) is 30.9 Å². The van der Waals surface area contributed by atoms with Crippen LogP contribution >= 0.6 is 0 Å². The van der Waals surface area contributed by atoms with Crippen LogP contribution in [0.5, 0.6) is 0 Å². The summed E-state index contributed by atoms with van der Waals surface area (Å²) in [5.41, 5.74) is 0.357. The molecule has 1 aliphatic rings. The van der Waals surface area contributed by atoms with Crippen molar-refractivity contribution in [2.24, 2.45) is 0 Å². The number of imidazole rings is 1. The van der Waals surface area contributed by atoms with E-state index in [2.05, 4.69) is 20.5 Å². The van der Waals surface area contributed by atoms with Crippen molar-refractivity contribution in [3.63, 3.8) is 0 Å². The minimum atomic E-state index is -0.142. The molecule has 6 nitrogen and oxygen atoms in total. The Morgan fingerprint density at radius 1 is 1.26 bits per heavy atom. The number of nitrogens with zero attached hydrogens (tertiary/aromatic N) is 4. The summed E-state index contributed by atoms with van der Waals surface area (Å²) < 4.78 is 1.74. The van der Waals surface area contributed by atoms with Crippen molar-refractivity contribution in [1.29, 1.82) is 0 Å². The lowest BCUT2D eigenvalue weighted by Crippen LogP contribution is -2.33. The molecule has 0 atom stereocenters. The topological polar surface area (TPSA) is 72.7 Å². The molecule has 1 amide bonds. The van der Waals surface area contributed by atoms with E-state index in [9.17, 15) is 4.79 Å². The molecular weight excluding hydrogens is 242 g/mol. The molecule has 1 aliphatic carbocycles. The summed E-state index contributed by atoms with van der Waals surface area (Å²) in [7, 11) is 0. The molecule has 2 aromatic rings. The molecule has 2 heterocycles. The van der Waals surface area contributed by atoms with Crippen LogP contribution in [0.25, 0.3) is 5.82 Å². The predicted octanol–water partition coefficient (Wildman–Crippen LogP) is 1.33. The van der Waals surface area contributed by atoms with Gasteiger partial charge in [-0.25, -0.2) is 4.98 Å². The van der Waals surface area contributed by atoms with E-state index in [0.29, 0.717) is 17.6 Å². The molecule has 98 valence electrons. The molecule has 2 aromatic heterocycles. The molecule has 1 fully saturated rings. The van der Waals surface area contributed by atoms with Crippen molar-refractivity contribution < 1.29 is 4.79 Å². The fraction of sp³-hybridized carbons (Fsp3) is 0.385. The highest BCUT2D eigenvalue weighted by atomic mass is 16.2. The monoisotopic (exact) mass is 257 g/mol. The molecule has 1 N–H and O–H groups in total. The molecule has 19 heavy (non-hydrogen) atoms. The zero-order valence-electron chi connectivity index (χ0n) is 10.5. The highest BCUT2D eigenvalue weighted by molar-refractivity contribution is 5.92. The van der Waals surface area contributed by atoms with Crippen LogP contribution in [0.4, 0.5) is 0 Å². The van der Waals surface area contributed by atoms with Crippen LogP contribution in [0.2, 0.25) is 0 Å². The second-order valence-electron chi connectivity index (χ2n) is 4.70. The van der Waals surface area contributed by atoms with Gasteiger partial charge in [-0.05, 0) is 25.0 Å². The van der Waals surface area contributed by atoms with Crippen molar-refractivity contribution in [2.45, 2.75) is 31.7 Å². The van der Waals surface area contributed by atoms with Gasteiger partial charge in [0.25, 0.3) is 5.91 Å². The summed E-state index contributed by atoms with van der Waals surface area (Å²) in [6.07, 6.45) is 9.60. The average Bonchev–Trinajstić information content (AvgIpc) is 3.12. The largest absolute Gasteiger partial charge is 0.348 e. The minimum Gasteiger partial charge on any atom is -0.348 e. The second kappa shape index (κ2) is 5.17. The Morgan fingerprint density at radius 3 is 2.74 bits per heavy atom. The summed E-state index contributed by atoms with van der Waals surface area (Å²) in [5.74, 6) is 0.506. The Kier molecular flexibility index (Phi) is 3.22. The van der Waals surface area contributed by atoms with Gasteiger partial charge in [-0.3, -0.25) is 9.36 Å². The Hall–Kier alpha value is -2.24. The number of carbonyl (C=O) groups excluding carboxylic acids is 1. The lowest BCUT2D eigenvalue weighted by molar-refractivity contribution is 0.0932. The molecule has 0 bridgehead atoms. The third-order valence-corrected chi connectivity index (χ3v) is 3.34. The number of carbonyl (C=O) groups is 1. The zero-order valence-corrected chi connectivity index (χ0v) is 10.5. The molecule has 0 spiro atoms. The Morgan fingerprint density at radius 2 is 2.11 bits per heavy atom. The first kappa shape index (κ1) is 11.8. The van der Waals surface area contributed by atoms with Gasteiger partial charge in [0.15, 0.2) is 11.5 Å². The van der Waals surface area contributed by atoms with Gasteiger partial charge in [-0.1, -0.05) is 12.8 Å². The smallest absolute Gasteiger partial charge is 0.272 e. The quantitative estimate of drug-likeness (QED) is 0.900. The van der Waals surface area contributed by atoms with Crippen molar-refractivity contribution >= 4 is 5.91 Å². The fourth-order valence-electron chi connectivity index (χ4n) is 2.31. The molecule has 0 aliphatic heterocycles. The maximum absolute atomic E-state index is 12.0.